The first-order valence-electron chi connectivity index (χ1n) is 8.36. The highest BCUT2D eigenvalue weighted by Gasteiger charge is 2.41. The normalized spacial score (nSPS) is 12.3. The second-order valence-corrected chi connectivity index (χ2v) is 5.97. The molecule has 0 saturated carbocycles. The van der Waals surface area contributed by atoms with Crippen LogP contribution < -0.4 is 0 Å². The van der Waals surface area contributed by atoms with Crippen LogP contribution in [0.5, 0.6) is 0 Å². The number of hydrogen-bond acceptors (Lipinski definition) is 1. The highest BCUT2D eigenvalue weighted by molar-refractivity contribution is 6.31. The van der Waals surface area contributed by atoms with E-state index in [2.05, 4.69) is 12.6 Å². The lowest BCUT2D eigenvalue weighted by Gasteiger charge is -2.41. The van der Waals surface area contributed by atoms with E-state index >= 15 is 0 Å². The summed E-state index contributed by atoms with van der Waals surface area (Å²) in [7, 11) is 0. The van der Waals surface area contributed by atoms with Gasteiger partial charge in [0.05, 0.1) is 5.03 Å². The molecule has 0 N–H and O–H groups in total. The van der Waals surface area contributed by atoms with E-state index in [4.69, 9.17) is 18.0 Å². The summed E-state index contributed by atoms with van der Waals surface area (Å²) in [6, 6.07) is 22.8. The SMILES string of the molecule is C#CN(/C=C\C)C(/C(Cl)=C/C=C\C=C)(c1ccccc1)c1ccccc1. The number of halogens is 1. The molecule has 0 aliphatic carbocycles. The highest BCUT2D eigenvalue weighted by Crippen LogP contribution is 2.44. The third-order valence-corrected chi connectivity index (χ3v) is 4.42. The van der Waals surface area contributed by atoms with Crippen LogP contribution in [0.3, 0.4) is 0 Å². The third kappa shape index (κ3) is 3.82. The van der Waals surface area contributed by atoms with E-state index in [0.717, 1.165) is 11.1 Å². The zero-order valence-corrected chi connectivity index (χ0v) is 15.6. The maximum absolute atomic E-state index is 6.92. The first-order chi connectivity index (χ1) is 12.7. The molecule has 0 radical (unpaired) electrons. The summed E-state index contributed by atoms with van der Waals surface area (Å²) in [5.74, 6) is 0. The van der Waals surface area contributed by atoms with E-state index in [0.29, 0.717) is 5.03 Å². The highest BCUT2D eigenvalue weighted by atomic mass is 35.5. The molecule has 2 aromatic carbocycles. The molecule has 130 valence electrons. The lowest BCUT2D eigenvalue weighted by Crippen LogP contribution is -2.42. The molecule has 0 unspecified atom stereocenters. The van der Waals surface area contributed by atoms with Crippen molar-refractivity contribution in [1.29, 1.82) is 0 Å². The summed E-state index contributed by atoms with van der Waals surface area (Å²) >= 11 is 6.92. The van der Waals surface area contributed by atoms with Crippen LogP contribution in [0.4, 0.5) is 0 Å². The van der Waals surface area contributed by atoms with Crippen molar-refractivity contribution in [3.05, 3.63) is 120 Å². The van der Waals surface area contributed by atoms with E-state index in [1.54, 1.807) is 11.0 Å². The van der Waals surface area contributed by atoms with E-state index in [-0.39, 0.29) is 0 Å². The van der Waals surface area contributed by atoms with Crippen LogP contribution in [-0.2, 0) is 5.54 Å². The van der Waals surface area contributed by atoms with E-state index < -0.39 is 5.54 Å². The van der Waals surface area contributed by atoms with Crippen molar-refractivity contribution in [2.24, 2.45) is 0 Å². The van der Waals surface area contributed by atoms with Gasteiger partial charge >= 0.3 is 0 Å². The summed E-state index contributed by atoms with van der Waals surface area (Å²) in [4.78, 5) is 1.80. The molecule has 26 heavy (non-hydrogen) atoms. The molecule has 0 saturated heterocycles. The van der Waals surface area contributed by atoms with Gasteiger partial charge in [0.15, 0.2) is 0 Å². The fraction of sp³-hybridized carbons (Fsp3) is 0.0833. The predicted octanol–water partition coefficient (Wildman–Crippen LogP) is 6.22. The number of terminal acetylenes is 1. The van der Waals surface area contributed by atoms with Crippen molar-refractivity contribution in [2.45, 2.75) is 12.5 Å². The van der Waals surface area contributed by atoms with Crippen LogP contribution in [0.2, 0.25) is 0 Å². The number of rotatable bonds is 7. The van der Waals surface area contributed by atoms with Crippen molar-refractivity contribution in [3.8, 4) is 12.5 Å². The number of nitrogens with zero attached hydrogens (tertiary/aromatic N) is 1. The standard InChI is InChI=1S/C24H22ClN/c1-4-7-10-19-23(25)24(26(6-3)20-5-2,21-15-11-8-12-16-21)22-17-13-9-14-18-22/h3-5,7-20H,1H2,2H3/b10-7-,20-5-,23-19-. The van der Waals surface area contributed by atoms with Gasteiger partial charge in [0.2, 0.25) is 0 Å². The van der Waals surface area contributed by atoms with Crippen LogP contribution in [0, 0.1) is 12.5 Å². The minimum absolute atomic E-state index is 0.587. The van der Waals surface area contributed by atoms with Gasteiger partial charge in [-0.3, -0.25) is 4.90 Å². The van der Waals surface area contributed by atoms with Gasteiger partial charge in [-0.25, -0.2) is 0 Å². The molecular formula is C24H22ClN. The van der Waals surface area contributed by atoms with Crippen LogP contribution in [0.15, 0.2) is 109 Å². The van der Waals surface area contributed by atoms with Crippen LogP contribution in [0.1, 0.15) is 18.1 Å². The Morgan fingerprint density at radius 3 is 2.00 bits per heavy atom. The topological polar surface area (TPSA) is 3.24 Å². The minimum atomic E-state index is -0.836. The van der Waals surface area contributed by atoms with Gasteiger partial charge in [0, 0.05) is 12.2 Å². The Kier molecular flexibility index (Phi) is 7.09. The first-order valence-corrected chi connectivity index (χ1v) is 8.74. The van der Waals surface area contributed by atoms with Gasteiger partial charge in [0.25, 0.3) is 0 Å². The Morgan fingerprint density at radius 1 is 1.04 bits per heavy atom. The molecule has 0 heterocycles. The molecule has 0 aromatic heterocycles. The van der Waals surface area contributed by atoms with Gasteiger partial charge in [-0.15, -0.1) is 0 Å². The number of allylic oxidation sites excluding steroid dienone is 5. The number of benzene rings is 2. The molecular weight excluding hydrogens is 338 g/mol. The predicted molar refractivity (Wildman–Crippen MR) is 112 cm³/mol. The van der Waals surface area contributed by atoms with Crippen molar-refractivity contribution in [2.75, 3.05) is 0 Å². The summed E-state index contributed by atoms with van der Waals surface area (Å²) in [5.41, 5.74) is 1.13. The Morgan fingerprint density at radius 2 is 1.58 bits per heavy atom. The summed E-state index contributed by atoms with van der Waals surface area (Å²) < 4.78 is 0. The summed E-state index contributed by atoms with van der Waals surface area (Å²) in [6.07, 6.45) is 17.0. The van der Waals surface area contributed by atoms with Gasteiger partial charge in [-0.1, -0.05) is 110 Å². The van der Waals surface area contributed by atoms with Gasteiger partial charge in [-0.05, 0) is 24.1 Å². The van der Waals surface area contributed by atoms with Crippen molar-refractivity contribution < 1.29 is 0 Å². The molecule has 2 rings (SSSR count). The lowest BCUT2D eigenvalue weighted by molar-refractivity contribution is 0.339. The lowest BCUT2D eigenvalue weighted by atomic mass is 9.80. The maximum Gasteiger partial charge on any atom is 0.138 e. The Balaban J connectivity index is 2.88. The smallest absolute Gasteiger partial charge is 0.138 e. The summed E-state index contributed by atoms with van der Waals surface area (Å²) in [6.45, 7) is 5.63. The zero-order chi connectivity index (χ0) is 18.8. The third-order valence-electron chi connectivity index (χ3n) is 4.02. The average molecular weight is 360 g/mol. The van der Waals surface area contributed by atoms with Gasteiger partial charge < -0.3 is 0 Å². The molecule has 0 amide bonds. The fourth-order valence-corrected chi connectivity index (χ4v) is 3.32. The van der Waals surface area contributed by atoms with E-state index in [9.17, 15) is 0 Å². The average Bonchev–Trinajstić information content (AvgIpc) is 2.69. The molecule has 2 aromatic rings. The van der Waals surface area contributed by atoms with E-state index in [1.165, 1.54) is 0 Å². The molecule has 0 bridgehead atoms. The Labute approximate surface area is 161 Å². The maximum atomic E-state index is 6.92. The minimum Gasteiger partial charge on any atom is -0.289 e. The molecule has 1 nitrogen and oxygen atoms in total. The zero-order valence-electron chi connectivity index (χ0n) is 14.8. The second kappa shape index (κ2) is 9.51. The molecule has 0 aliphatic rings. The van der Waals surface area contributed by atoms with Crippen LogP contribution >= 0.6 is 11.6 Å². The number of hydrogen-bond donors (Lipinski definition) is 0. The summed E-state index contributed by atoms with van der Waals surface area (Å²) in [5, 5.41) is 0.587. The molecule has 0 aliphatic heterocycles. The Hall–Kier alpha value is -2.95. The fourth-order valence-electron chi connectivity index (χ4n) is 2.93. The van der Waals surface area contributed by atoms with Gasteiger partial charge in [0.1, 0.15) is 5.54 Å². The molecule has 0 spiro atoms. The second-order valence-electron chi connectivity index (χ2n) is 5.56. The van der Waals surface area contributed by atoms with Crippen molar-refractivity contribution in [3.63, 3.8) is 0 Å². The quantitative estimate of drug-likeness (QED) is 0.322. The Bertz CT molecular complexity index is 799. The van der Waals surface area contributed by atoms with Crippen LogP contribution in [-0.4, -0.2) is 4.90 Å². The largest absolute Gasteiger partial charge is 0.289 e. The molecule has 0 atom stereocenters. The monoisotopic (exact) mass is 359 g/mol. The van der Waals surface area contributed by atoms with Gasteiger partial charge in [-0.2, -0.15) is 0 Å². The first kappa shape index (κ1) is 19.4. The van der Waals surface area contributed by atoms with E-state index in [1.807, 2.05) is 98.1 Å². The van der Waals surface area contributed by atoms with Crippen molar-refractivity contribution in [1.82, 2.24) is 4.90 Å². The molecule has 2 heteroatoms. The molecule has 0 fully saturated rings. The van der Waals surface area contributed by atoms with Crippen LogP contribution in [0.25, 0.3) is 0 Å². The van der Waals surface area contributed by atoms with Crippen molar-refractivity contribution >= 4 is 11.6 Å².